The van der Waals surface area contributed by atoms with Gasteiger partial charge in [0.25, 0.3) is 5.95 Å². The summed E-state index contributed by atoms with van der Waals surface area (Å²) in [6.45, 7) is 6.11. The van der Waals surface area contributed by atoms with E-state index >= 15 is 0 Å². The Bertz CT molecular complexity index is 961. The average molecular weight is 364 g/mol. The highest BCUT2D eigenvalue weighted by Gasteiger charge is 2.18. The first-order chi connectivity index (χ1) is 13.1. The molecule has 27 heavy (non-hydrogen) atoms. The van der Waals surface area contributed by atoms with E-state index in [1.807, 2.05) is 31.2 Å². The lowest BCUT2D eigenvalue weighted by molar-refractivity contribution is 0.743. The van der Waals surface area contributed by atoms with Crippen LogP contribution in [0.3, 0.4) is 0 Å². The highest BCUT2D eigenvalue weighted by Crippen LogP contribution is 2.22. The summed E-state index contributed by atoms with van der Waals surface area (Å²) in [7, 11) is 0. The van der Waals surface area contributed by atoms with Crippen molar-refractivity contribution in [1.29, 1.82) is 0 Å². The van der Waals surface area contributed by atoms with Crippen LogP contribution in [0.4, 0.5) is 11.8 Å². The van der Waals surface area contributed by atoms with Crippen molar-refractivity contribution in [2.24, 2.45) is 5.84 Å². The van der Waals surface area contributed by atoms with Crippen LogP contribution < -0.4 is 16.5 Å². The minimum atomic E-state index is -0.390. The van der Waals surface area contributed by atoms with Crippen LogP contribution in [0.5, 0.6) is 0 Å². The van der Waals surface area contributed by atoms with E-state index in [1.165, 1.54) is 5.01 Å². The highest BCUT2D eigenvalue weighted by molar-refractivity contribution is 5.52. The molecule has 0 amide bonds. The Labute approximate surface area is 158 Å². The quantitative estimate of drug-likeness (QED) is 0.534. The van der Waals surface area contributed by atoms with Gasteiger partial charge < -0.3 is 0 Å². The van der Waals surface area contributed by atoms with Crippen LogP contribution in [-0.4, -0.2) is 19.5 Å². The first-order valence-electron chi connectivity index (χ1n) is 9.17. The van der Waals surface area contributed by atoms with Crippen LogP contribution in [-0.2, 0) is 19.3 Å². The van der Waals surface area contributed by atoms with E-state index < -0.39 is 0 Å². The Kier molecular flexibility index (Phi) is 5.61. The number of anilines is 2. The van der Waals surface area contributed by atoms with Crippen molar-refractivity contribution >= 4 is 11.8 Å². The fourth-order valence-electron chi connectivity index (χ4n) is 3.11. The molecule has 0 spiro atoms. The molecule has 140 valence electrons. The molecule has 0 bridgehead atoms. The van der Waals surface area contributed by atoms with Gasteiger partial charge in [-0.3, -0.25) is 0 Å². The third-order valence-corrected chi connectivity index (χ3v) is 4.49. The average Bonchev–Trinajstić information content (AvgIpc) is 2.72. The molecule has 0 unspecified atom stereocenters. The van der Waals surface area contributed by atoms with E-state index in [2.05, 4.69) is 28.8 Å². The van der Waals surface area contributed by atoms with E-state index in [4.69, 9.17) is 5.84 Å². The third kappa shape index (κ3) is 3.59. The topological polar surface area (TPSA) is 89.9 Å². The molecule has 0 saturated carbocycles. The molecule has 0 aliphatic heterocycles. The summed E-state index contributed by atoms with van der Waals surface area (Å²) in [6, 6.07) is 11.4. The van der Waals surface area contributed by atoms with Gasteiger partial charge in [0, 0.05) is 12.6 Å². The maximum absolute atomic E-state index is 13.0. The molecule has 0 fully saturated rings. The predicted molar refractivity (Wildman–Crippen MR) is 106 cm³/mol. The summed E-state index contributed by atoms with van der Waals surface area (Å²) in [5, 5.41) is 1.23. The summed E-state index contributed by atoms with van der Waals surface area (Å²) in [6.07, 6.45) is 3.83. The van der Waals surface area contributed by atoms with Gasteiger partial charge in [0.1, 0.15) is 11.6 Å². The summed E-state index contributed by atoms with van der Waals surface area (Å²) in [4.78, 5) is 25.9. The zero-order chi connectivity index (χ0) is 19.4. The van der Waals surface area contributed by atoms with Crippen LogP contribution >= 0.6 is 0 Å². The van der Waals surface area contributed by atoms with Gasteiger partial charge in [0.15, 0.2) is 0 Å². The number of aryl methyl sites for hydroxylation is 3. The summed E-state index contributed by atoms with van der Waals surface area (Å²) in [5.74, 6) is 7.33. The lowest BCUT2D eigenvalue weighted by atomic mass is 10.0. The normalized spacial score (nSPS) is 10.8. The molecule has 3 aromatic rings. The van der Waals surface area contributed by atoms with Gasteiger partial charge in [-0.15, -0.1) is 0 Å². The number of nitrogens with two attached hydrogens (primary N) is 1. The first kappa shape index (κ1) is 18.7. The maximum Gasteiger partial charge on any atom is 0.356 e. The van der Waals surface area contributed by atoms with Crippen molar-refractivity contribution in [3.8, 4) is 5.69 Å². The second kappa shape index (κ2) is 8.09. The third-order valence-electron chi connectivity index (χ3n) is 4.49. The standard InChI is InChI=1S/C20H24N6O/c1-4-14-10-9-11-15(5-2)18(14)25-16(6-3)23-19(24-20(25)27)26(21)17-12-7-8-13-22-17/h7-13H,4-6,21H2,1-3H3. The SMILES string of the molecule is CCc1cccc(CC)c1-n1c(CC)nc(N(N)c2ccccn2)nc1=O. The van der Waals surface area contributed by atoms with Crippen LogP contribution in [0.2, 0.25) is 0 Å². The van der Waals surface area contributed by atoms with Crippen molar-refractivity contribution in [2.45, 2.75) is 40.0 Å². The van der Waals surface area contributed by atoms with Crippen LogP contribution in [0.15, 0.2) is 47.4 Å². The maximum atomic E-state index is 13.0. The predicted octanol–water partition coefficient (Wildman–Crippen LogP) is 2.72. The van der Waals surface area contributed by atoms with Crippen LogP contribution in [0, 0.1) is 0 Å². The molecule has 0 aliphatic carbocycles. The zero-order valence-electron chi connectivity index (χ0n) is 15.9. The number of aromatic nitrogens is 4. The Morgan fingerprint density at radius 1 is 0.963 bits per heavy atom. The Balaban J connectivity index is 2.19. The number of para-hydroxylation sites is 1. The number of nitrogens with zero attached hydrogens (tertiary/aromatic N) is 5. The second-order valence-electron chi connectivity index (χ2n) is 6.10. The Morgan fingerprint density at radius 2 is 1.67 bits per heavy atom. The highest BCUT2D eigenvalue weighted by atomic mass is 16.1. The minimum Gasteiger partial charge on any atom is -0.247 e. The van der Waals surface area contributed by atoms with Gasteiger partial charge in [-0.05, 0) is 36.1 Å². The van der Waals surface area contributed by atoms with E-state index in [0.717, 1.165) is 29.7 Å². The fraction of sp³-hybridized carbons (Fsp3) is 0.300. The number of rotatable bonds is 6. The number of hydrazine groups is 1. The Hall–Kier alpha value is -3.06. The Morgan fingerprint density at radius 3 is 2.22 bits per heavy atom. The summed E-state index contributed by atoms with van der Waals surface area (Å²) in [5.41, 5.74) is 2.68. The van der Waals surface area contributed by atoms with E-state index in [1.54, 1.807) is 22.9 Å². The molecule has 1 aromatic carbocycles. The molecule has 7 heteroatoms. The molecule has 7 nitrogen and oxygen atoms in total. The largest absolute Gasteiger partial charge is 0.356 e. The number of benzene rings is 1. The van der Waals surface area contributed by atoms with Crippen LogP contribution in [0.1, 0.15) is 37.7 Å². The zero-order valence-corrected chi connectivity index (χ0v) is 15.9. The molecule has 0 radical (unpaired) electrons. The van der Waals surface area contributed by atoms with Crippen molar-refractivity contribution in [2.75, 3.05) is 5.01 Å². The second-order valence-corrected chi connectivity index (χ2v) is 6.10. The van der Waals surface area contributed by atoms with Gasteiger partial charge in [0.05, 0.1) is 5.69 Å². The smallest absolute Gasteiger partial charge is 0.247 e. The number of hydrogen-bond acceptors (Lipinski definition) is 6. The molecule has 2 aromatic heterocycles. The molecular formula is C20H24N6O. The molecular weight excluding hydrogens is 340 g/mol. The van der Waals surface area contributed by atoms with E-state index in [9.17, 15) is 4.79 Å². The number of hydrogen-bond donors (Lipinski definition) is 1. The van der Waals surface area contributed by atoms with Gasteiger partial charge in [-0.25, -0.2) is 25.2 Å². The van der Waals surface area contributed by atoms with Crippen molar-refractivity contribution in [3.05, 3.63) is 70.0 Å². The molecule has 0 saturated heterocycles. The fourth-order valence-corrected chi connectivity index (χ4v) is 3.11. The van der Waals surface area contributed by atoms with Crippen LogP contribution in [0.25, 0.3) is 5.69 Å². The van der Waals surface area contributed by atoms with Crippen molar-refractivity contribution in [3.63, 3.8) is 0 Å². The monoisotopic (exact) mass is 364 g/mol. The van der Waals surface area contributed by atoms with Gasteiger partial charge in [-0.1, -0.05) is 45.0 Å². The van der Waals surface area contributed by atoms with Crippen molar-refractivity contribution < 1.29 is 0 Å². The molecule has 0 aliphatic rings. The minimum absolute atomic E-state index is 0.138. The molecule has 0 atom stereocenters. The first-order valence-corrected chi connectivity index (χ1v) is 9.17. The molecule has 3 rings (SSSR count). The lowest BCUT2D eigenvalue weighted by Crippen LogP contribution is -2.35. The molecule has 2 N–H and O–H groups in total. The summed E-state index contributed by atoms with van der Waals surface area (Å²) < 4.78 is 1.62. The van der Waals surface area contributed by atoms with Gasteiger partial charge >= 0.3 is 5.69 Å². The van der Waals surface area contributed by atoms with E-state index in [0.29, 0.717) is 18.1 Å². The van der Waals surface area contributed by atoms with Crippen molar-refractivity contribution in [1.82, 2.24) is 19.5 Å². The van der Waals surface area contributed by atoms with E-state index in [-0.39, 0.29) is 11.6 Å². The lowest BCUT2D eigenvalue weighted by Gasteiger charge is -2.20. The molecule has 2 heterocycles. The van der Waals surface area contributed by atoms with Gasteiger partial charge in [0.2, 0.25) is 0 Å². The van der Waals surface area contributed by atoms with Gasteiger partial charge in [-0.2, -0.15) is 9.97 Å². The number of pyridine rings is 1. The summed E-state index contributed by atoms with van der Waals surface area (Å²) >= 11 is 0.